The highest BCUT2D eigenvalue weighted by molar-refractivity contribution is 5.87. The van der Waals surface area contributed by atoms with Gasteiger partial charge in [0.1, 0.15) is 5.70 Å². The molecule has 0 aromatic heterocycles. The number of unbranched alkanes of at least 4 members (excludes halogenated alkanes) is 2. The van der Waals surface area contributed by atoms with Gasteiger partial charge in [-0.1, -0.05) is 19.4 Å². The molecule has 0 aliphatic heterocycles. The lowest BCUT2D eigenvalue weighted by Gasteiger charge is -1.97. The molecule has 0 aliphatic rings. The van der Waals surface area contributed by atoms with Crippen LogP contribution in [-0.2, 0) is 9.53 Å². The van der Waals surface area contributed by atoms with Crippen LogP contribution in [-0.4, -0.2) is 13.1 Å². The van der Waals surface area contributed by atoms with Gasteiger partial charge in [0.05, 0.1) is 7.11 Å². The number of methoxy groups -OCH3 is 1. The van der Waals surface area contributed by atoms with Crippen LogP contribution in [0.2, 0.25) is 0 Å². The lowest BCUT2D eigenvalue weighted by molar-refractivity contribution is -0.136. The lowest BCUT2D eigenvalue weighted by atomic mass is 10.2. The summed E-state index contributed by atoms with van der Waals surface area (Å²) in [6.07, 6.45) is 4.70. The summed E-state index contributed by atoms with van der Waals surface area (Å²) >= 11 is 0. The lowest BCUT2D eigenvalue weighted by Crippen LogP contribution is -2.12. The van der Waals surface area contributed by atoms with Crippen molar-refractivity contribution < 1.29 is 9.53 Å². The molecule has 0 radical (unpaired) electrons. The Bertz CT molecular complexity index is 152. The molecule has 0 aromatic carbocycles. The Balaban J connectivity index is 3.71. The van der Waals surface area contributed by atoms with E-state index >= 15 is 0 Å². The first kappa shape index (κ1) is 10.0. The van der Waals surface area contributed by atoms with Gasteiger partial charge in [0.2, 0.25) is 0 Å². The van der Waals surface area contributed by atoms with Crippen LogP contribution in [0.25, 0.3) is 0 Å². The second kappa shape index (κ2) is 5.77. The summed E-state index contributed by atoms with van der Waals surface area (Å²) in [6.45, 7) is 2.09. The molecule has 0 saturated carbocycles. The van der Waals surface area contributed by atoms with Crippen LogP contribution >= 0.6 is 0 Å². The van der Waals surface area contributed by atoms with Gasteiger partial charge >= 0.3 is 5.97 Å². The molecule has 0 saturated heterocycles. The highest BCUT2D eigenvalue weighted by Crippen LogP contribution is 1.98. The standard InChI is InChI=1S/C8H15NO2/c1-3-4-5-6-7(9)8(10)11-2/h6H,3-5,9H2,1-2H3. The molecule has 0 amide bonds. The van der Waals surface area contributed by atoms with Gasteiger partial charge in [0.25, 0.3) is 0 Å². The van der Waals surface area contributed by atoms with E-state index in [2.05, 4.69) is 11.7 Å². The predicted molar refractivity (Wildman–Crippen MR) is 43.8 cm³/mol. The van der Waals surface area contributed by atoms with E-state index in [-0.39, 0.29) is 5.70 Å². The zero-order chi connectivity index (χ0) is 8.69. The molecule has 11 heavy (non-hydrogen) atoms. The van der Waals surface area contributed by atoms with Gasteiger partial charge < -0.3 is 10.5 Å². The summed E-state index contributed by atoms with van der Waals surface area (Å²) in [5, 5.41) is 0. The van der Waals surface area contributed by atoms with Crippen molar-refractivity contribution in [3.05, 3.63) is 11.8 Å². The number of hydrogen-bond acceptors (Lipinski definition) is 3. The summed E-state index contributed by atoms with van der Waals surface area (Å²) < 4.78 is 4.41. The van der Waals surface area contributed by atoms with Crippen molar-refractivity contribution in [1.29, 1.82) is 0 Å². The second-order valence-corrected chi connectivity index (χ2v) is 2.29. The first-order valence-electron chi connectivity index (χ1n) is 3.76. The van der Waals surface area contributed by atoms with Crippen LogP contribution in [0, 0.1) is 0 Å². The van der Waals surface area contributed by atoms with Crippen molar-refractivity contribution in [3.8, 4) is 0 Å². The minimum atomic E-state index is -0.443. The van der Waals surface area contributed by atoms with E-state index in [9.17, 15) is 4.79 Å². The number of allylic oxidation sites excluding steroid dienone is 1. The first-order chi connectivity index (χ1) is 5.22. The summed E-state index contributed by atoms with van der Waals surface area (Å²) in [5.41, 5.74) is 5.56. The van der Waals surface area contributed by atoms with Crippen LogP contribution in [0.15, 0.2) is 11.8 Å². The van der Waals surface area contributed by atoms with Crippen molar-refractivity contribution in [2.75, 3.05) is 7.11 Å². The van der Waals surface area contributed by atoms with E-state index < -0.39 is 5.97 Å². The number of carbonyl (C=O) groups is 1. The van der Waals surface area contributed by atoms with Gasteiger partial charge in [0, 0.05) is 0 Å². The number of carbonyl (C=O) groups excluding carboxylic acids is 1. The topological polar surface area (TPSA) is 52.3 Å². The first-order valence-corrected chi connectivity index (χ1v) is 3.76. The molecule has 0 unspecified atom stereocenters. The highest BCUT2D eigenvalue weighted by atomic mass is 16.5. The fourth-order valence-electron chi connectivity index (χ4n) is 0.663. The van der Waals surface area contributed by atoms with Crippen LogP contribution < -0.4 is 5.73 Å². The fourth-order valence-corrected chi connectivity index (χ4v) is 0.663. The smallest absolute Gasteiger partial charge is 0.353 e. The maximum Gasteiger partial charge on any atom is 0.353 e. The zero-order valence-electron chi connectivity index (χ0n) is 7.09. The molecule has 0 fully saturated rings. The molecule has 0 heterocycles. The van der Waals surface area contributed by atoms with E-state index in [1.165, 1.54) is 7.11 Å². The Morgan fingerprint density at radius 3 is 2.73 bits per heavy atom. The van der Waals surface area contributed by atoms with E-state index in [1.807, 2.05) is 0 Å². The number of esters is 1. The van der Waals surface area contributed by atoms with Crippen molar-refractivity contribution in [3.63, 3.8) is 0 Å². The van der Waals surface area contributed by atoms with Crippen molar-refractivity contribution >= 4 is 5.97 Å². The van der Waals surface area contributed by atoms with Crippen LogP contribution in [0.1, 0.15) is 26.2 Å². The quantitative estimate of drug-likeness (QED) is 0.379. The van der Waals surface area contributed by atoms with Crippen LogP contribution in [0.5, 0.6) is 0 Å². The third-order valence-electron chi connectivity index (χ3n) is 1.34. The SMILES string of the molecule is CCCCC=C(N)C(=O)OC. The second-order valence-electron chi connectivity index (χ2n) is 2.29. The molecule has 3 nitrogen and oxygen atoms in total. The summed E-state index contributed by atoms with van der Waals surface area (Å²) in [7, 11) is 1.32. The average molecular weight is 157 g/mol. The molecule has 0 rings (SSSR count). The molecular weight excluding hydrogens is 142 g/mol. The molecule has 0 aromatic rings. The maximum absolute atomic E-state index is 10.7. The average Bonchev–Trinajstić information content (AvgIpc) is 2.03. The summed E-state index contributed by atoms with van der Waals surface area (Å²) in [4.78, 5) is 10.7. The summed E-state index contributed by atoms with van der Waals surface area (Å²) in [6, 6.07) is 0. The Morgan fingerprint density at radius 2 is 2.27 bits per heavy atom. The zero-order valence-corrected chi connectivity index (χ0v) is 7.09. The van der Waals surface area contributed by atoms with Gasteiger partial charge in [-0.2, -0.15) is 0 Å². The Hall–Kier alpha value is -0.990. The molecule has 0 spiro atoms. The summed E-state index contributed by atoms with van der Waals surface area (Å²) in [5.74, 6) is -0.443. The number of ether oxygens (including phenoxy) is 1. The minimum Gasteiger partial charge on any atom is -0.464 e. The molecule has 64 valence electrons. The maximum atomic E-state index is 10.7. The van der Waals surface area contributed by atoms with Crippen molar-refractivity contribution in [1.82, 2.24) is 0 Å². The van der Waals surface area contributed by atoms with Crippen LogP contribution in [0.3, 0.4) is 0 Å². The van der Waals surface area contributed by atoms with E-state index in [0.29, 0.717) is 0 Å². The Labute approximate surface area is 67.2 Å². The monoisotopic (exact) mass is 157 g/mol. The molecule has 0 bridgehead atoms. The van der Waals surface area contributed by atoms with Gasteiger partial charge in [-0.25, -0.2) is 4.79 Å². The number of hydrogen-bond donors (Lipinski definition) is 1. The molecule has 0 atom stereocenters. The third-order valence-corrected chi connectivity index (χ3v) is 1.34. The van der Waals surface area contributed by atoms with E-state index in [4.69, 9.17) is 5.73 Å². The van der Waals surface area contributed by atoms with Gasteiger partial charge in [-0.05, 0) is 12.8 Å². The van der Waals surface area contributed by atoms with Crippen LogP contribution in [0.4, 0.5) is 0 Å². The number of rotatable bonds is 4. The molecular formula is C8H15NO2. The van der Waals surface area contributed by atoms with Crippen molar-refractivity contribution in [2.45, 2.75) is 26.2 Å². The van der Waals surface area contributed by atoms with Gasteiger partial charge in [-0.3, -0.25) is 0 Å². The molecule has 3 heteroatoms. The third kappa shape index (κ3) is 4.42. The predicted octanol–water partition coefficient (Wildman–Crippen LogP) is 1.19. The van der Waals surface area contributed by atoms with Gasteiger partial charge in [0.15, 0.2) is 0 Å². The Kier molecular flexibility index (Phi) is 5.25. The van der Waals surface area contributed by atoms with Gasteiger partial charge in [-0.15, -0.1) is 0 Å². The normalized spacial score (nSPS) is 11.3. The largest absolute Gasteiger partial charge is 0.464 e. The van der Waals surface area contributed by atoms with Crippen molar-refractivity contribution in [2.24, 2.45) is 5.73 Å². The minimum absolute atomic E-state index is 0.209. The number of nitrogens with two attached hydrogens (primary N) is 1. The Morgan fingerprint density at radius 1 is 1.64 bits per heavy atom. The van der Waals surface area contributed by atoms with E-state index in [1.54, 1.807) is 6.08 Å². The molecule has 2 N–H and O–H groups in total. The molecule has 0 aliphatic carbocycles. The highest BCUT2D eigenvalue weighted by Gasteiger charge is 2.01. The van der Waals surface area contributed by atoms with E-state index in [0.717, 1.165) is 19.3 Å². The fraction of sp³-hybridized carbons (Fsp3) is 0.625.